The molecule has 0 aromatic heterocycles. The second kappa shape index (κ2) is 5.81. The Morgan fingerprint density at radius 1 is 1.16 bits per heavy atom. The highest BCUT2D eigenvalue weighted by molar-refractivity contribution is 7.87. The van der Waals surface area contributed by atoms with E-state index >= 15 is 0 Å². The second-order valence-corrected chi connectivity index (χ2v) is 9.07. The minimum absolute atomic E-state index is 0.0629. The van der Waals surface area contributed by atoms with Crippen LogP contribution in [0.5, 0.6) is 0 Å². The molecule has 11 heteroatoms. The Bertz CT molecular complexity index is 649. The molecule has 2 fully saturated rings. The lowest BCUT2D eigenvalue weighted by molar-refractivity contribution is -0.175. The average molecular weight is 387 g/mol. The maximum Gasteiger partial charge on any atom is 0.428 e. The number of alkyl halides is 2. The van der Waals surface area contributed by atoms with Crippen LogP contribution in [0.25, 0.3) is 0 Å². The molecule has 0 saturated carbocycles. The van der Waals surface area contributed by atoms with Gasteiger partial charge in [-0.25, -0.2) is 13.2 Å². The lowest BCUT2D eigenvalue weighted by Crippen LogP contribution is -2.55. The highest BCUT2D eigenvalue weighted by Crippen LogP contribution is 2.52. The van der Waals surface area contributed by atoms with E-state index in [0.29, 0.717) is 0 Å². The van der Waals surface area contributed by atoms with E-state index in [1.807, 2.05) is 0 Å². The van der Waals surface area contributed by atoms with E-state index in [1.54, 1.807) is 0 Å². The Hall–Kier alpha value is -0.880. The van der Waals surface area contributed by atoms with Gasteiger partial charge in [-0.1, -0.05) is 0 Å². The third-order valence-corrected chi connectivity index (χ3v) is 5.54. The quantitative estimate of drug-likeness (QED) is 0.497. The van der Waals surface area contributed by atoms with Crippen LogP contribution in [-0.2, 0) is 24.4 Å². The van der Waals surface area contributed by atoms with Gasteiger partial charge in [-0.15, -0.1) is 0 Å². The van der Waals surface area contributed by atoms with Crippen molar-refractivity contribution in [1.82, 2.24) is 0 Å². The van der Waals surface area contributed by atoms with Crippen molar-refractivity contribution >= 4 is 16.1 Å². The Morgan fingerprint density at radius 2 is 1.64 bits per heavy atom. The van der Waals surface area contributed by atoms with Crippen molar-refractivity contribution in [3.8, 4) is 0 Å². The van der Waals surface area contributed by atoms with Gasteiger partial charge in [0.15, 0.2) is 10.1 Å². The Morgan fingerprint density at radius 3 is 2.04 bits per heavy atom. The van der Waals surface area contributed by atoms with Crippen molar-refractivity contribution in [2.75, 3.05) is 0 Å². The van der Waals surface area contributed by atoms with Crippen LogP contribution in [0.2, 0.25) is 0 Å². The predicted octanol–water partition coefficient (Wildman–Crippen LogP) is -0.0185. The summed E-state index contributed by atoms with van der Waals surface area (Å²) in [6.07, 6.45) is -3.03. The number of esters is 1. The summed E-state index contributed by atoms with van der Waals surface area (Å²) in [7, 11) is -6.22. The molecule has 2 saturated heterocycles. The predicted molar refractivity (Wildman–Crippen MR) is 77.4 cm³/mol. The zero-order valence-corrected chi connectivity index (χ0v) is 14.9. The molecule has 0 amide bonds. The van der Waals surface area contributed by atoms with E-state index in [2.05, 4.69) is 4.74 Å². The number of carbonyl (C=O) groups excluding carboxylic acids is 1. The zero-order valence-electron chi connectivity index (χ0n) is 14.1. The Labute approximate surface area is 143 Å². The Kier molecular flexibility index (Phi) is 4.75. The van der Waals surface area contributed by atoms with E-state index in [9.17, 15) is 36.8 Å². The number of halogens is 2. The topological polar surface area (TPSA) is 133 Å². The van der Waals surface area contributed by atoms with Crippen molar-refractivity contribution < 1.29 is 46.2 Å². The standard InChI is InChI=1S/C14H22F2O8S/c1-12(2,18)8-6-5-7(10(23-6)9(8)13(3,4)19)24-11(17)14(15,16)25(20,21)22/h6-10,18-19H,5H2,1-4H3,(H,20,21,22)/p-1. The molecule has 0 spiro atoms. The lowest BCUT2D eigenvalue weighted by Gasteiger charge is -2.43. The van der Waals surface area contributed by atoms with Crippen LogP contribution in [0.1, 0.15) is 34.1 Å². The summed E-state index contributed by atoms with van der Waals surface area (Å²) in [4.78, 5) is 11.5. The fourth-order valence-corrected chi connectivity index (χ4v) is 4.10. The normalized spacial score (nSPS) is 33.6. The first kappa shape index (κ1) is 20.4. The van der Waals surface area contributed by atoms with Crippen LogP contribution < -0.4 is 0 Å². The third-order valence-electron chi connectivity index (χ3n) is 4.75. The van der Waals surface area contributed by atoms with Gasteiger partial charge in [0.05, 0.1) is 17.3 Å². The molecule has 0 aromatic rings. The highest BCUT2D eigenvalue weighted by atomic mass is 32.2. The van der Waals surface area contributed by atoms with Gasteiger partial charge in [-0.3, -0.25) is 0 Å². The molecular weight excluding hydrogens is 366 g/mol. The third kappa shape index (κ3) is 3.52. The average Bonchev–Trinajstić information content (AvgIpc) is 2.92. The van der Waals surface area contributed by atoms with Crippen LogP contribution in [0, 0.1) is 11.8 Å². The number of hydrogen-bond acceptors (Lipinski definition) is 8. The molecule has 8 nitrogen and oxygen atoms in total. The van der Waals surface area contributed by atoms with Crippen LogP contribution in [0.3, 0.4) is 0 Å². The number of ether oxygens (including phenoxy) is 2. The maximum atomic E-state index is 13.3. The minimum Gasteiger partial charge on any atom is -0.743 e. The van der Waals surface area contributed by atoms with Crippen molar-refractivity contribution in [3.63, 3.8) is 0 Å². The van der Waals surface area contributed by atoms with Crippen LogP contribution >= 0.6 is 0 Å². The first-order valence-electron chi connectivity index (χ1n) is 7.62. The van der Waals surface area contributed by atoms with Crippen LogP contribution in [0.15, 0.2) is 0 Å². The highest BCUT2D eigenvalue weighted by Gasteiger charge is 2.64. The zero-order chi connectivity index (χ0) is 19.6. The van der Waals surface area contributed by atoms with Gasteiger partial charge in [0.1, 0.15) is 12.2 Å². The lowest BCUT2D eigenvalue weighted by atomic mass is 9.65. The molecule has 0 aromatic carbocycles. The smallest absolute Gasteiger partial charge is 0.428 e. The number of fused-ring (bicyclic) bond motifs is 2. The molecule has 2 N–H and O–H groups in total. The van der Waals surface area contributed by atoms with E-state index < -0.39 is 62.7 Å². The van der Waals surface area contributed by atoms with Crippen LogP contribution in [0.4, 0.5) is 8.78 Å². The van der Waals surface area contributed by atoms with Crippen molar-refractivity contribution in [2.24, 2.45) is 11.8 Å². The molecule has 0 aliphatic carbocycles. The summed E-state index contributed by atoms with van der Waals surface area (Å²) < 4.78 is 68.3. The molecule has 0 radical (unpaired) electrons. The molecular formula is C14H21F2O8S-. The van der Waals surface area contributed by atoms with Gasteiger partial charge in [-0.2, -0.15) is 8.78 Å². The van der Waals surface area contributed by atoms with Crippen LogP contribution in [-0.4, -0.2) is 63.9 Å². The first-order valence-corrected chi connectivity index (χ1v) is 9.03. The number of carbonyl (C=O) groups is 1. The monoisotopic (exact) mass is 387 g/mol. The Balaban J connectivity index is 2.25. The minimum atomic E-state index is -6.22. The SMILES string of the molecule is CC(C)(O)C1C2CC(OC(=O)C(F)(F)S(=O)(=O)[O-])C(O2)C1C(C)(C)O. The van der Waals surface area contributed by atoms with Crippen molar-refractivity contribution in [1.29, 1.82) is 0 Å². The van der Waals surface area contributed by atoms with E-state index in [0.717, 1.165) is 0 Å². The molecule has 146 valence electrons. The molecule has 2 aliphatic heterocycles. The maximum absolute atomic E-state index is 13.3. The van der Waals surface area contributed by atoms with Crippen molar-refractivity contribution in [3.05, 3.63) is 0 Å². The fraction of sp³-hybridized carbons (Fsp3) is 0.929. The van der Waals surface area contributed by atoms with E-state index in [4.69, 9.17) is 4.74 Å². The number of hydrogen-bond donors (Lipinski definition) is 2. The number of aliphatic hydroxyl groups is 2. The first-order chi connectivity index (χ1) is 11.0. The van der Waals surface area contributed by atoms with Gasteiger partial charge in [0, 0.05) is 18.3 Å². The van der Waals surface area contributed by atoms with Crippen molar-refractivity contribution in [2.45, 2.75) is 68.9 Å². The second-order valence-electron chi connectivity index (χ2n) is 7.65. The van der Waals surface area contributed by atoms with E-state index in [-0.39, 0.29) is 6.42 Å². The molecule has 2 aliphatic rings. The summed E-state index contributed by atoms with van der Waals surface area (Å²) in [6, 6.07) is 0. The van der Waals surface area contributed by atoms with E-state index in [1.165, 1.54) is 27.7 Å². The van der Waals surface area contributed by atoms with Gasteiger partial charge >= 0.3 is 11.2 Å². The molecule has 2 heterocycles. The molecule has 2 bridgehead atoms. The molecule has 5 unspecified atom stereocenters. The summed E-state index contributed by atoms with van der Waals surface area (Å²) in [5, 5.41) is 15.5. The van der Waals surface area contributed by atoms with Gasteiger partial charge < -0.3 is 24.2 Å². The summed E-state index contributed by atoms with van der Waals surface area (Å²) in [6.45, 7) is 5.91. The van der Waals surface area contributed by atoms with Gasteiger partial charge in [0.2, 0.25) is 0 Å². The largest absolute Gasteiger partial charge is 0.743 e. The molecule has 25 heavy (non-hydrogen) atoms. The fourth-order valence-electron chi connectivity index (χ4n) is 3.85. The van der Waals surface area contributed by atoms with Gasteiger partial charge in [0.25, 0.3) is 0 Å². The summed E-state index contributed by atoms with van der Waals surface area (Å²) in [5.74, 6) is -3.80. The molecule has 2 rings (SSSR count). The summed E-state index contributed by atoms with van der Waals surface area (Å²) >= 11 is 0. The van der Waals surface area contributed by atoms with Gasteiger partial charge in [-0.05, 0) is 27.7 Å². The number of rotatable bonds is 5. The molecule has 5 atom stereocenters. The summed E-state index contributed by atoms with van der Waals surface area (Å²) in [5.41, 5.74) is -2.66.